The normalized spacial score (nSPS) is 19.0. The Balaban J connectivity index is 1.63. The first kappa shape index (κ1) is 26.1. The number of amides is 1. The van der Waals surface area contributed by atoms with E-state index in [4.69, 9.17) is 9.57 Å². The lowest BCUT2D eigenvalue weighted by molar-refractivity contribution is -1.09. The van der Waals surface area contributed by atoms with Gasteiger partial charge in [-0.3, -0.25) is 19.3 Å². The number of carbonyl (C=O) groups excluding carboxylic acids is 3. The van der Waals surface area contributed by atoms with Crippen LogP contribution in [0.1, 0.15) is 36.0 Å². The number of nitrogens with zero attached hydrogens (tertiary/aromatic N) is 3. The van der Waals surface area contributed by atoms with E-state index in [2.05, 4.69) is 4.90 Å². The zero-order chi connectivity index (χ0) is 24.8. The molecule has 0 spiro atoms. The lowest BCUT2D eigenvalue weighted by Gasteiger charge is -2.41. The highest BCUT2D eigenvalue weighted by Crippen LogP contribution is 2.28. The summed E-state index contributed by atoms with van der Waals surface area (Å²) < 4.78 is 43.4. The van der Waals surface area contributed by atoms with Crippen molar-refractivity contribution in [1.82, 2.24) is 4.90 Å². The van der Waals surface area contributed by atoms with Crippen LogP contribution in [0.3, 0.4) is 0 Å². The molecule has 1 aromatic carbocycles. The van der Waals surface area contributed by atoms with E-state index in [1.807, 2.05) is 0 Å². The number of Topliss-reactive ketones (excluding diaryl/α,β-unsaturated/α-hetero) is 1. The molecule has 1 amide bonds. The van der Waals surface area contributed by atoms with Crippen molar-refractivity contribution in [3.63, 3.8) is 0 Å². The largest absolute Gasteiger partial charge is 0.497 e. The monoisotopic (exact) mass is 486 g/mol. The lowest BCUT2D eigenvalue weighted by atomic mass is 10.1. The van der Waals surface area contributed by atoms with E-state index in [9.17, 15) is 27.6 Å². The molecule has 0 aliphatic carbocycles. The van der Waals surface area contributed by atoms with Gasteiger partial charge in [0.15, 0.2) is 5.78 Å². The topological polar surface area (TPSA) is 76.2 Å². The van der Waals surface area contributed by atoms with E-state index in [1.165, 1.54) is 0 Å². The third-order valence-corrected chi connectivity index (χ3v) is 6.33. The van der Waals surface area contributed by atoms with Gasteiger partial charge in [-0.25, -0.2) is 4.79 Å². The number of piperazine rings is 1. The summed E-state index contributed by atoms with van der Waals surface area (Å²) in [5, 5.41) is 0. The van der Waals surface area contributed by atoms with E-state index in [1.54, 1.807) is 36.3 Å². The number of methoxy groups -OCH3 is 1. The zero-order valence-corrected chi connectivity index (χ0v) is 19.3. The number of ketones is 1. The van der Waals surface area contributed by atoms with Crippen LogP contribution in [-0.2, 0) is 19.2 Å². The summed E-state index contributed by atoms with van der Waals surface area (Å²) in [5.74, 6) is -2.42. The Kier molecular flexibility index (Phi) is 8.67. The average Bonchev–Trinajstić information content (AvgIpc) is 2.92. The second kappa shape index (κ2) is 11.3. The van der Waals surface area contributed by atoms with Gasteiger partial charge in [0.1, 0.15) is 19.6 Å². The maximum Gasteiger partial charge on any atom is 0.497 e. The van der Waals surface area contributed by atoms with E-state index in [0.717, 1.165) is 0 Å². The maximum absolute atomic E-state index is 12.9. The molecule has 0 saturated carbocycles. The van der Waals surface area contributed by atoms with Gasteiger partial charge in [0.2, 0.25) is 5.91 Å². The number of rotatable bonds is 9. The molecule has 1 fully saturated rings. The molecule has 8 nitrogen and oxygen atoms in total. The predicted molar refractivity (Wildman–Crippen MR) is 117 cm³/mol. The number of anilines is 1. The molecular weight excluding hydrogens is 455 g/mol. The Morgan fingerprint density at radius 3 is 2.44 bits per heavy atom. The summed E-state index contributed by atoms with van der Waals surface area (Å²) in [6.45, 7) is 3.15. The van der Waals surface area contributed by atoms with Gasteiger partial charge in [-0.05, 0) is 18.6 Å². The van der Waals surface area contributed by atoms with Crippen LogP contribution in [0.2, 0.25) is 0 Å². The van der Waals surface area contributed by atoms with E-state index >= 15 is 0 Å². The molecule has 3 rings (SSSR count). The number of benzene rings is 1. The summed E-state index contributed by atoms with van der Waals surface area (Å²) >= 11 is 0. The first-order valence-electron chi connectivity index (χ1n) is 11.5. The van der Waals surface area contributed by atoms with Gasteiger partial charge in [0, 0.05) is 45.0 Å². The van der Waals surface area contributed by atoms with Crippen LogP contribution in [0.5, 0.6) is 0 Å². The molecule has 34 heavy (non-hydrogen) atoms. The van der Waals surface area contributed by atoms with Gasteiger partial charge in [-0.15, -0.1) is 4.65 Å². The van der Waals surface area contributed by atoms with Crippen LogP contribution in [0.15, 0.2) is 24.3 Å². The number of alkyl halides is 3. The fraction of sp³-hybridized carbons (Fsp3) is 0.609. The SMILES string of the molecule is COCCN1CC[N+](CCCCN2C(=O)CCC(=O)c3ccccc32)(OC(=O)C(F)(F)F)CC1. The summed E-state index contributed by atoms with van der Waals surface area (Å²) in [4.78, 5) is 45.2. The predicted octanol–water partition coefficient (Wildman–Crippen LogP) is 2.58. The summed E-state index contributed by atoms with van der Waals surface area (Å²) in [6.07, 6.45) is -3.85. The fourth-order valence-corrected chi connectivity index (χ4v) is 4.39. The number of halogens is 3. The molecule has 0 bridgehead atoms. The van der Waals surface area contributed by atoms with E-state index in [0.29, 0.717) is 56.9 Å². The highest BCUT2D eigenvalue weighted by molar-refractivity contribution is 6.10. The van der Waals surface area contributed by atoms with Gasteiger partial charge in [0.25, 0.3) is 0 Å². The quantitative estimate of drug-likeness (QED) is 0.395. The minimum absolute atomic E-state index is 0.0821. The number of fused-ring (bicyclic) bond motifs is 1. The average molecular weight is 487 g/mol. The second-order valence-electron chi connectivity index (χ2n) is 8.63. The molecule has 0 atom stereocenters. The standard InChI is InChI=1S/C23H31F3N3O5/c1-33-17-13-27-11-15-29(16-12-27,34-22(32)23(24,25)26)14-5-4-10-28-19-7-3-2-6-18(19)20(30)8-9-21(28)31/h2-3,6-7H,4-5,8-17H2,1H3/q+1. The molecule has 0 unspecified atom stereocenters. The highest BCUT2D eigenvalue weighted by atomic mass is 19.4. The smallest absolute Gasteiger partial charge is 0.383 e. The second-order valence-corrected chi connectivity index (χ2v) is 8.63. The van der Waals surface area contributed by atoms with Crippen molar-refractivity contribution >= 4 is 23.3 Å². The number of hydroxylamine groups is 3. The van der Waals surface area contributed by atoms with Crippen LogP contribution >= 0.6 is 0 Å². The van der Waals surface area contributed by atoms with Crippen LogP contribution in [0.25, 0.3) is 0 Å². The van der Waals surface area contributed by atoms with Gasteiger partial charge >= 0.3 is 12.1 Å². The molecule has 188 valence electrons. The molecule has 0 aromatic heterocycles. The Labute approximate surface area is 196 Å². The van der Waals surface area contributed by atoms with E-state index in [-0.39, 0.29) is 44.2 Å². The minimum atomic E-state index is -5.06. The van der Waals surface area contributed by atoms with Crippen molar-refractivity contribution in [1.29, 1.82) is 0 Å². The summed E-state index contributed by atoms with van der Waals surface area (Å²) in [7, 11) is 1.58. The Hall–Kier alpha value is -2.50. The first-order chi connectivity index (χ1) is 16.1. The summed E-state index contributed by atoms with van der Waals surface area (Å²) in [6, 6.07) is 6.94. The first-order valence-corrected chi connectivity index (χ1v) is 11.5. The number of para-hydroxylation sites is 1. The Morgan fingerprint density at radius 2 is 1.76 bits per heavy atom. The van der Waals surface area contributed by atoms with Gasteiger partial charge in [-0.2, -0.15) is 13.2 Å². The molecule has 1 aromatic rings. The van der Waals surface area contributed by atoms with E-state index < -0.39 is 16.8 Å². The highest BCUT2D eigenvalue weighted by Gasteiger charge is 2.48. The molecule has 2 aliphatic rings. The van der Waals surface area contributed by atoms with Gasteiger partial charge in [0.05, 0.1) is 25.4 Å². The van der Waals surface area contributed by atoms with Crippen molar-refractivity contribution in [3.05, 3.63) is 29.8 Å². The zero-order valence-electron chi connectivity index (χ0n) is 19.3. The molecule has 11 heteroatoms. The molecular formula is C23H31F3N3O5+. The van der Waals surface area contributed by atoms with Crippen LogP contribution < -0.4 is 4.90 Å². The number of quaternary nitrogens is 1. The Bertz CT molecular complexity index is 885. The van der Waals surface area contributed by atoms with Crippen LogP contribution in [-0.4, -0.2) is 92.9 Å². The number of ether oxygens (including phenoxy) is 1. The number of hydrogen-bond acceptors (Lipinski definition) is 6. The maximum atomic E-state index is 12.9. The number of hydrogen-bond donors (Lipinski definition) is 0. The van der Waals surface area contributed by atoms with Crippen molar-refractivity contribution in [2.75, 3.05) is 64.4 Å². The van der Waals surface area contributed by atoms with Crippen molar-refractivity contribution in [2.45, 2.75) is 31.9 Å². The van der Waals surface area contributed by atoms with Gasteiger partial charge < -0.3 is 9.64 Å². The third kappa shape index (κ3) is 6.55. The van der Waals surface area contributed by atoms with Gasteiger partial charge in [-0.1, -0.05) is 12.1 Å². The van der Waals surface area contributed by atoms with Crippen molar-refractivity contribution < 1.29 is 41.8 Å². The third-order valence-electron chi connectivity index (χ3n) is 6.33. The molecule has 2 heterocycles. The molecule has 0 radical (unpaired) electrons. The minimum Gasteiger partial charge on any atom is -0.383 e. The van der Waals surface area contributed by atoms with Crippen molar-refractivity contribution in [3.8, 4) is 0 Å². The summed E-state index contributed by atoms with van der Waals surface area (Å²) in [5.41, 5.74) is 1.07. The van der Waals surface area contributed by atoms with Crippen LogP contribution in [0.4, 0.5) is 18.9 Å². The Morgan fingerprint density at radius 1 is 1.06 bits per heavy atom. The molecule has 1 saturated heterocycles. The fourth-order valence-electron chi connectivity index (χ4n) is 4.39. The molecule has 0 N–H and O–H groups in total. The lowest BCUT2D eigenvalue weighted by Crippen LogP contribution is -2.61. The number of carbonyl (C=O) groups is 3. The number of unbranched alkanes of at least 4 members (excludes halogenated alkanes) is 1. The van der Waals surface area contributed by atoms with Crippen molar-refractivity contribution in [2.24, 2.45) is 0 Å². The molecule has 2 aliphatic heterocycles. The van der Waals surface area contributed by atoms with Crippen LogP contribution in [0, 0.1) is 0 Å².